The average Bonchev–Trinajstić information content (AvgIpc) is 2.69. The summed E-state index contributed by atoms with van der Waals surface area (Å²) >= 11 is 0. The summed E-state index contributed by atoms with van der Waals surface area (Å²) < 4.78 is 33.9. The van der Waals surface area contributed by atoms with E-state index in [1.54, 1.807) is 0 Å². The number of primary sulfonamides is 1. The number of benzene rings is 1. The van der Waals surface area contributed by atoms with Crippen LogP contribution in [-0.2, 0) is 21.4 Å². The first-order valence-electron chi connectivity index (χ1n) is 7.11. The summed E-state index contributed by atoms with van der Waals surface area (Å²) in [6.07, 6.45) is 0.772. The molecule has 0 radical (unpaired) electrons. The van der Waals surface area contributed by atoms with Gasteiger partial charge in [-0.15, -0.1) is 0 Å². The van der Waals surface area contributed by atoms with Crippen LogP contribution < -0.4 is 14.6 Å². The Morgan fingerprint density at radius 1 is 1.23 bits per heavy atom. The molecule has 0 saturated carbocycles. The van der Waals surface area contributed by atoms with E-state index in [2.05, 4.69) is 0 Å². The highest BCUT2D eigenvalue weighted by atomic mass is 32.2. The minimum absolute atomic E-state index is 0.0522. The van der Waals surface area contributed by atoms with Crippen molar-refractivity contribution < 1.29 is 22.7 Å². The number of hydrogen-bond donors (Lipinski definition) is 1. The molecule has 0 bridgehead atoms. The molecule has 1 aromatic carbocycles. The molecule has 0 spiro atoms. The number of hydrogen-bond acceptors (Lipinski definition) is 5. The lowest BCUT2D eigenvalue weighted by atomic mass is 10.2. The van der Waals surface area contributed by atoms with Crippen molar-refractivity contribution >= 4 is 15.9 Å². The van der Waals surface area contributed by atoms with Gasteiger partial charge in [0.25, 0.3) is 0 Å². The lowest BCUT2D eigenvalue weighted by Gasteiger charge is -2.17. The number of nitrogens with zero attached hydrogens (tertiary/aromatic N) is 1. The zero-order valence-corrected chi connectivity index (χ0v) is 12.8. The van der Waals surface area contributed by atoms with Crippen LogP contribution in [0.25, 0.3) is 0 Å². The second-order valence-corrected chi connectivity index (χ2v) is 7.37. The number of amides is 1. The molecule has 22 heavy (non-hydrogen) atoms. The molecule has 1 saturated heterocycles. The third kappa shape index (κ3) is 3.17. The highest BCUT2D eigenvalue weighted by molar-refractivity contribution is 7.89. The SMILES string of the molecule is NS(=O)(=O)C1CC(=O)N(Cc2ccc3c(c2)OCCCO3)C1. The van der Waals surface area contributed by atoms with E-state index in [1.165, 1.54) is 4.90 Å². The minimum Gasteiger partial charge on any atom is -0.490 e. The molecule has 2 N–H and O–H groups in total. The van der Waals surface area contributed by atoms with Crippen LogP contribution in [0.4, 0.5) is 0 Å². The molecular formula is C14H18N2O5S. The fourth-order valence-corrected chi connectivity index (χ4v) is 3.40. The van der Waals surface area contributed by atoms with Crippen molar-refractivity contribution in [2.24, 2.45) is 5.14 Å². The first kappa shape index (κ1) is 15.1. The standard InChI is InChI=1S/C14H18N2O5S/c15-22(18,19)11-7-14(17)16(9-11)8-10-2-3-12-13(6-10)21-5-1-4-20-12/h2-3,6,11H,1,4-5,7-9H2,(H2,15,18,19). The molecule has 0 aromatic heterocycles. The highest BCUT2D eigenvalue weighted by Crippen LogP contribution is 2.31. The van der Waals surface area contributed by atoms with Gasteiger partial charge in [-0.3, -0.25) is 4.79 Å². The number of rotatable bonds is 3. The summed E-state index contributed by atoms with van der Waals surface area (Å²) in [6.45, 7) is 1.67. The number of ether oxygens (including phenoxy) is 2. The summed E-state index contributed by atoms with van der Waals surface area (Å²) in [6, 6.07) is 5.50. The van der Waals surface area contributed by atoms with Crippen LogP contribution in [0.2, 0.25) is 0 Å². The van der Waals surface area contributed by atoms with E-state index in [4.69, 9.17) is 14.6 Å². The van der Waals surface area contributed by atoms with E-state index in [-0.39, 0.29) is 18.9 Å². The van der Waals surface area contributed by atoms with E-state index >= 15 is 0 Å². The van der Waals surface area contributed by atoms with Gasteiger partial charge in [0.2, 0.25) is 15.9 Å². The van der Waals surface area contributed by atoms with Crippen molar-refractivity contribution in [3.8, 4) is 11.5 Å². The van der Waals surface area contributed by atoms with Crippen LogP contribution in [-0.4, -0.2) is 44.2 Å². The van der Waals surface area contributed by atoms with E-state index in [0.29, 0.717) is 31.3 Å². The van der Waals surface area contributed by atoms with Crippen molar-refractivity contribution in [1.29, 1.82) is 0 Å². The second-order valence-electron chi connectivity index (χ2n) is 5.52. The zero-order valence-electron chi connectivity index (χ0n) is 12.0. The van der Waals surface area contributed by atoms with Crippen molar-refractivity contribution in [3.63, 3.8) is 0 Å². The number of nitrogens with two attached hydrogens (primary N) is 1. The van der Waals surface area contributed by atoms with E-state index < -0.39 is 15.3 Å². The lowest BCUT2D eigenvalue weighted by molar-refractivity contribution is -0.128. The Hall–Kier alpha value is -1.80. The number of fused-ring (bicyclic) bond motifs is 1. The predicted octanol–water partition coefficient (Wildman–Crippen LogP) is 0.237. The van der Waals surface area contributed by atoms with Gasteiger partial charge in [0.1, 0.15) is 5.25 Å². The zero-order chi connectivity index (χ0) is 15.7. The highest BCUT2D eigenvalue weighted by Gasteiger charge is 2.36. The Morgan fingerprint density at radius 2 is 1.95 bits per heavy atom. The fraction of sp³-hybridized carbons (Fsp3) is 0.500. The van der Waals surface area contributed by atoms with Gasteiger partial charge in [-0.1, -0.05) is 6.07 Å². The molecule has 1 atom stereocenters. The first-order valence-corrected chi connectivity index (χ1v) is 8.72. The lowest BCUT2D eigenvalue weighted by Crippen LogP contribution is -2.31. The molecule has 1 unspecified atom stereocenters. The molecule has 2 heterocycles. The number of sulfonamides is 1. The monoisotopic (exact) mass is 326 g/mol. The van der Waals surface area contributed by atoms with Gasteiger partial charge in [-0.2, -0.15) is 0 Å². The fourth-order valence-electron chi connectivity index (χ4n) is 2.64. The topological polar surface area (TPSA) is 98.9 Å². The molecular weight excluding hydrogens is 308 g/mol. The molecule has 1 amide bonds. The molecule has 2 aliphatic heterocycles. The Morgan fingerprint density at radius 3 is 2.64 bits per heavy atom. The molecule has 7 nitrogen and oxygen atoms in total. The molecule has 8 heteroatoms. The smallest absolute Gasteiger partial charge is 0.224 e. The van der Waals surface area contributed by atoms with Crippen molar-refractivity contribution in [2.45, 2.75) is 24.6 Å². The summed E-state index contributed by atoms with van der Waals surface area (Å²) in [5.74, 6) is 1.15. The minimum atomic E-state index is -3.69. The van der Waals surface area contributed by atoms with Gasteiger partial charge in [0, 0.05) is 25.9 Å². The van der Waals surface area contributed by atoms with Crippen LogP contribution in [0.5, 0.6) is 11.5 Å². The van der Waals surface area contributed by atoms with Gasteiger partial charge < -0.3 is 14.4 Å². The maximum atomic E-state index is 11.9. The molecule has 3 rings (SSSR count). The summed E-state index contributed by atoms with van der Waals surface area (Å²) in [5.41, 5.74) is 0.868. The number of carbonyl (C=O) groups is 1. The Kier molecular flexibility index (Phi) is 3.96. The Labute approximate surface area is 129 Å². The molecule has 120 valence electrons. The van der Waals surface area contributed by atoms with Crippen LogP contribution >= 0.6 is 0 Å². The van der Waals surface area contributed by atoms with Crippen LogP contribution in [0.1, 0.15) is 18.4 Å². The predicted molar refractivity (Wildman–Crippen MR) is 79.0 cm³/mol. The van der Waals surface area contributed by atoms with Crippen molar-refractivity contribution in [2.75, 3.05) is 19.8 Å². The number of carbonyl (C=O) groups excluding carboxylic acids is 1. The summed E-state index contributed by atoms with van der Waals surface area (Å²) in [7, 11) is -3.69. The molecule has 2 aliphatic rings. The van der Waals surface area contributed by atoms with Gasteiger partial charge in [-0.25, -0.2) is 13.6 Å². The maximum Gasteiger partial charge on any atom is 0.224 e. The summed E-state index contributed by atoms with van der Waals surface area (Å²) in [5, 5.41) is 4.30. The largest absolute Gasteiger partial charge is 0.490 e. The van der Waals surface area contributed by atoms with Crippen molar-refractivity contribution in [3.05, 3.63) is 23.8 Å². The van der Waals surface area contributed by atoms with E-state index in [0.717, 1.165) is 12.0 Å². The molecule has 1 aromatic rings. The van der Waals surface area contributed by atoms with E-state index in [9.17, 15) is 13.2 Å². The van der Waals surface area contributed by atoms with E-state index in [1.807, 2.05) is 18.2 Å². The maximum absolute atomic E-state index is 11.9. The van der Waals surface area contributed by atoms with Crippen molar-refractivity contribution in [1.82, 2.24) is 4.90 Å². The number of likely N-dealkylation sites (tertiary alicyclic amines) is 1. The average molecular weight is 326 g/mol. The third-order valence-corrected chi connectivity index (χ3v) is 5.07. The van der Waals surface area contributed by atoms with Crippen LogP contribution in [0, 0.1) is 0 Å². The Bertz CT molecular complexity index is 688. The third-order valence-electron chi connectivity index (χ3n) is 3.83. The molecule has 0 aliphatic carbocycles. The van der Waals surface area contributed by atoms with Crippen LogP contribution in [0.3, 0.4) is 0 Å². The summed E-state index contributed by atoms with van der Waals surface area (Å²) in [4.78, 5) is 13.4. The Balaban J connectivity index is 1.74. The first-order chi connectivity index (χ1) is 10.4. The van der Waals surface area contributed by atoms with Gasteiger partial charge >= 0.3 is 0 Å². The normalized spacial score (nSPS) is 21.8. The second kappa shape index (κ2) is 5.77. The van der Waals surface area contributed by atoms with Gasteiger partial charge in [0.15, 0.2) is 11.5 Å². The van der Waals surface area contributed by atoms with Gasteiger partial charge in [-0.05, 0) is 17.7 Å². The quantitative estimate of drug-likeness (QED) is 0.858. The van der Waals surface area contributed by atoms with Crippen LogP contribution in [0.15, 0.2) is 18.2 Å². The van der Waals surface area contributed by atoms with Gasteiger partial charge in [0.05, 0.1) is 13.2 Å². The molecule has 1 fully saturated rings.